The minimum absolute atomic E-state index is 0.552. The van der Waals surface area contributed by atoms with E-state index in [1.54, 1.807) is 17.1 Å². The summed E-state index contributed by atoms with van der Waals surface area (Å²) >= 11 is 0. The minimum atomic E-state index is 0.552. The van der Waals surface area contributed by atoms with E-state index in [9.17, 15) is 0 Å². The molecule has 0 spiro atoms. The van der Waals surface area contributed by atoms with Crippen LogP contribution in [-0.2, 0) is 20.0 Å². The van der Waals surface area contributed by atoms with Gasteiger partial charge in [-0.3, -0.25) is 4.98 Å². The van der Waals surface area contributed by atoms with Crippen LogP contribution in [0.2, 0.25) is 0 Å². The SMILES string of the molecule is CCc1nnc(Cn2cc(-c3cccnc3)nn2)n1C. The summed E-state index contributed by atoms with van der Waals surface area (Å²) in [6, 6.07) is 3.84. The average Bonchev–Trinajstić information content (AvgIpc) is 3.08. The van der Waals surface area contributed by atoms with Gasteiger partial charge in [-0.15, -0.1) is 15.3 Å². The normalized spacial score (nSPS) is 10.9. The van der Waals surface area contributed by atoms with Gasteiger partial charge in [-0.1, -0.05) is 12.1 Å². The van der Waals surface area contributed by atoms with Crippen LogP contribution >= 0.6 is 0 Å². The second kappa shape index (κ2) is 5.20. The van der Waals surface area contributed by atoms with Gasteiger partial charge in [0.25, 0.3) is 0 Å². The molecule has 0 aliphatic heterocycles. The molecule has 3 heterocycles. The third-order valence-electron chi connectivity index (χ3n) is 3.17. The Morgan fingerprint density at radius 1 is 1.15 bits per heavy atom. The lowest BCUT2D eigenvalue weighted by Crippen LogP contribution is -2.08. The zero-order valence-electron chi connectivity index (χ0n) is 11.4. The van der Waals surface area contributed by atoms with E-state index in [1.165, 1.54) is 0 Å². The molecule has 20 heavy (non-hydrogen) atoms. The van der Waals surface area contributed by atoms with E-state index in [0.29, 0.717) is 6.54 Å². The third-order valence-corrected chi connectivity index (χ3v) is 3.17. The van der Waals surface area contributed by atoms with Crippen molar-refractivity contribution in [1.82, 2.24) is 34.7 Å². The third kappa shape index (κ3) is 2.29. The Labute approximate surface area is 116 Å². The summed E-state index contributed by atoms with van der Waals surface area (Å²) in [6.45, 7) is 2.61. The van der Waals surface area contributed by atoms with Crippen LogP contribution in [0.5, 0.6) is 0 Å². The largest absolute Gasteiger partial charge is 0.317 e. The number of hydrogen-bond acceptors (Lipinski definition) is 5. The van der Waals surface area contributed by atoms with Crippen LogP contribution in [-0.4, -0.2) is 34.7 Å². The Kier molecular flexibility index (Phi) is 3.24. The van der Waals surface area contributed by atoms with E-state index >= 15 is 0 Å². The van der Waals surface area contributed by atoms with Crippen molar-refractivity contribution in [2.24, 2.45) is 7.05 Å². The van der Waals surface area contributed by atoms with E-state index in [-0.39, 0.29) is 0 Å². The van der Waals surface area contributed by atoms with E-state index in [2.05, 4.69) is 32.4 Å². The fourth-order valence-corrected chi connectivity index (χ4v) is 2.01. The zero-order valence-corrected chi connectivity index (χ0v) is 11.4. The van der Waals surface area contributed by atoms with Crippen molar-refractivity contribution in [2.75, 3.05) is 0 Å². The first-order valence-electron chi connectivity index (χ1n) is 6.45. The molecule has 0 unspecified atom stereocenters. The molecule has 0 saturated heterocycles. The van der Waals surface area contributed by atoms with Crippen LogP contribution in [0.3, 0.4) is 0 Å². The molecule has 0 saturated carbocycles. The van der Waals surface area contributed by atoms with Gasteiger partial charge in [-0.05, 0) is 12.1 Å². The van der Waals surface area contributed by atoms with E-state index in [0.717, 1.165) is 29.3 Å². The molecular formula is C13H15N7. The van der Waals surface area contributed by atoms with Crippen LogP contribution in [0.15, 0.2) is 30.7 Å². The maximum Gasteiger partial charge on any atom is 0.154 e. The van der Waals surface area contributed by atoms with Crippen LogP contribution in [0.4, 0.5) is 0 Å². The van der Waals surface area contributed by atoms with Gasteiger partial charge < -0.3 is 4.57 Å². The van der Waals surface area contributed by atoms with Gasteiger partial charge in [0, 0.05) is 31.4 Å². The molecule has 3 aromatic rings. The van der Waals surface area contributed by atoms with Crippen molar-refractivity contribution in [3.8, 4) is 11.3 Å². The second-order valence-electron chi connectivity index (χ2n) is 4.49. The standard InChI is InChI=1S/C13H15N7/c1-3-12-16-17-13(19(12)2)9-20-8-11(15-18-20)10-5-4-6-14-7-10/h4-8H,3,9H2,1-2H3. The molecule has 7 heteroatoms. The number of hydrogen-bond donors (Lipinski definition) is 0. The summed E-state index contributed by atoms with van der Waals surface area (Å²) < 4.78 is 3.75. The molecule has 0 fully saturated rings. The monoisotopic (exact) mass is 269 g/mol. The summed E-state index contributed by atoms with van der Waals surface area (Å²) in [5.41, 5.74) is 1.75. The summed E-state index contributed by atoms with van der Waals surface area (Å²) in [6.07, 6.45) is 6.25. The molecule has 3 rings (SSSR count). The lowest BCUT2D eigenvalue weighted by atomic mass is 10.2. The van der Waals surface area contributed by atoms with E-state index in [1.807, 2.05) is 29.9 Å². The van der Waals surface area contributed by atoms with Gasteiger partial charge in [0.1, 0.15) is 18.1 Å². The zero-order chi connectivity index (χ0) is 13.9. The van der Waals surface area contributed by atoms with Gasteiger partial charge in [0.15, 0.2) is 5.82 Å². The van der Waals surface area contributed by atoms with Crippen molar-refractivity contribution < 1.29 is 0 Å². The average molecular weight is 269 g/mol. The molecule has 102 valence electrons. The number of nitrogens with zero attached hydrogens (tertiary/aromatic N) is 7. The molecule has 0 radical (unpaired) electrons. The van der Waals surface area contributed by atoms with Crippen molar-refractivity contribution in [1.29, 1.82) is 0 Å². The number of pyridine rings is 1. The highest BCUT2D eigenvalue weighted by molar-refractivity contribution is 5.55. The van der Waals surface area contributed by atoms with Crippen LogP contribution < -0.4 is 0 Å². The predicted molar refractivity (Wildman–Crippen MR) is 72.7 cm³/mol. The molecule has 0 aromatic carbocycles. The predicted octanol–water partition coefficient (Wildman–Crippen LogP) is 1.08. The second-order valence-corrected chi connectivity index (χ2v) is 4.49. The van der Waals surface area contributed by atoms with E-state index < -0.39 is 0 Å². The molecule has 0 aliphatic carbocycles. The molecule has 0 N–H and O–H groups in total. The Morgan fingerprint density at radius 2 is 2.00 bits per heavy atom. The highest BCUT2D eigenvalue weighted by Crippen LogP contribution is 2.14. The van der Waals surface area contributed by atoms with Gasteiger partial charge in [-0.2, -0.15) is 0 Å². The number of aromatic nitrogens is 7. The molecule has 0 bridgehead atoms. The first-order chi connectivity index (χ1) is 9.78. The molecular weight excluding hydrogens is 254 g/mol. The molecule has 0 aliphatic rings. The lowest BCUT2D eigenvalue weighted by Gasteiger charge is -2.01. The van der Waals surface area contributed by atoms with Gasteiger partial charge in [0.2, 0.25) is 0 Å². The summed E-state index contributed by atoms with van der Waals surface area (Å²) in [5.74, 6) is 1.83. The molecule has 3 aromatic heterocycles. The number of rotatable bonds is 4. The maximum absolute atomic E-state index is 4.18. The molecule has 7 nitrogen and oxygen atoms in total. The molecule has 0 amide bonds. The quantitative estimate of drug-likeness (QED) is 0.708. The highest BCUT2D eigenvalue weighted by atomic mass is 15.4. The smallest absolute Gasteiger partial charge is 0.154 e. The van der Waals surface area contributed by atoms with E-state index in [4.69, 9.17) is 0 Å². The van der Waals surface area contributed by atoms with Crippen LogP contribution in [0.1, 0.15) is 18.6 Å². The number of aryl methyl sites for hydroxylation is 1. The first kappa shape index (κ1) is 12.5. The van der Waals surface area contributed by atoms with Gasteiger partial charge in [0.05, 0.1) is 6.20 Å². The summed E-state index contributed by atoms with van der Waals surface area (Å²) in [4.78, 5) is 4.08. The Bertz CT molecular complexity index is 699. The summed E-state index contributed by atoms with van der Waals surface area (Å²) in [5, 5.41) is 16.6. The fraction of sp³-hybridized carbons (Fsp3) is 0.308. The fourth-order valence-electron chi connectivity index (χ4n) is 2.01. The van der Waals surface area contributed by atoms with Crippen molar-refractivity contribution in [3.63, 3.8) is 0 Å². The van der Waals surface area contributed by atoms with Gasteiger partial charge >= 0.3 is 0 Å². The minimum Gasteiger partial charge on any atom is -0.317 e. The van der Waals surface area contributed by atoms with Crippen molar-refractivity contribution >= 4 is 0 Å². The highest BCUT2D eigenvalue weighted by Gasteiger charge is 2.09. The van der Waals surface area contributed by atoms with Crippen molar-refractivity contribution in [2.45, 2.75) is 19.9 Å². The Balaban J connectivity index is 1.82. The van der Waals surface area contributed by atoms with Crippen LogP contribution in [0.25, 0.3) is 11.3 Å². The topological polar surface area (TPSA) is 74.3 Å². The Morgan fingerprint density at radius 3 is 2.70 bits per heavy atom. The van der Waals surface area contributed by atoms with Gasteiger partial charge in [-0.25, -0.2) is 4.68 Å². The lowest BCUT2D eigenvalue weighted by molar-refractivity contribution is 0.602. The van der Waals surface area contributed by atoms with Crippen molar-refractivity contribution in [3.05, 3.63) is 42.4 Å². The summed E-state index contributed by atoms with van der Waals surface area (Å²) in [7, 11) is 1.97. The van der Waals surface area contributed by atoms with Crippen LogP contribution in [0, 0.1) is 0 Å². The Hall–Kier alpha value is -2.57. The molecule has 0 atom stereocenters. The maximum atomic E-state index is 4.18. The first-order valence-corrected chi connectivity index (χ1v) is 6.45.